The second-order valence-corrected chi connectivity index (χ2v) is 4.38. The van der Waals surface area contributed by atoms with Gasteiger partial charge < -0.3 is 5.11 Å². The molecular formula is C10H12N4O5S. The molecule has 108 valence electrons. The van der Waals surface area contributed by atoms with Crippen molar-refractivity contribution in [2.75, 3.05) is 5.75 Å². The smallest absolute Gasteiger partial charge is 0.321 e. The van der Waals surface area contributed by atoms with Crippen molar-refractivity contribution in [3.63, 3.8) is 0 Å². The SMILES string of the molecule is O=C(O)CS(=O)(=O)O.c1cncnc1.c1cncnc1. The molecule has 2 heterocycles. The highest BCUT2D eigenvalue weighted by Gasteiger charge is 2.09. The first-order valence-corrected chi connectivity index (χ1v) is 6.59. The van der Waals surface area contributed by atoms with E-state index in [1.165, 1.54) is 12.7 Å². The van der Waals surface area contributed by atoms with Gasteiger partial charge in [0.15, 0.2) is 5.75 Å². The van der Waals surface area contributed by atoms with Crippen LogP contribution in [0.3, 0.4) is 0 Å². The quantitative estimate of drug-likeness (QED) is 0.727. The van der Waals surface area contributed by atoms with Crippen molar-refractivity contribution in [1.29, 1.82) is 0 Å². The Hall–Kier alpha value is -2.46. The molecule has 0 aliphatic carbocycles. The third-order valence-electron chi connectivity index (χ3n) is 1.26. The minimum Gasteiger partial charge on any atom is -0.480 e. The van der Waals surface area contributed by atoms with E-state index >= 15 is 0 Å². The molecule has 0 saturated heterocycles. The van der Waals surface area contributed by atoms with Gasteiger partial charge in [0.2, 0.25) is 0 Å². The van der Waals surface area contributed by atoms with E-state index < -0.39 is 21.8 Å². The lowest BCUT2D eigenvalue weighted by atomic mass is 10.7. The Morgan fingerprint density at radius 1 is 0.900 bits per heavy atom. The molecule has 2 aromatic heterocycles. The van der Waals surface area contributed by atoms with Gasteiger partial charge in [-0.3, -0.25) is 9.35 Å². The first-order valence-electron chi connectivity index (χ1n) is 4.98. The number of nitrogens with zero attached hydrogens (tertiary/aromatic N) is 4. The summed E-state index contributed by atoms with van der Waals surface area (Å²) < 4.78 is 27.0. The summed E-state index contributed by atoms with van der Waals surface area (Å²) in [6.07, 6.45) is 9.75. The van der Waals surface area contributed by atoms with Crippen LogP contribution in [-0.4, -0.2) is 49.7 Å². The van der Waals surface area contributed by atoms with Crippen LogP contribution in [0.2, 0.25) is 0 Å². The average molecular weight is 300 g/mol. The van der Waals surface area contributed by atoms with E-state index in [0.29, 0.717) is 0 Å². The minimum atomic E-state index is -4.32. The Kier molecular flexibility index (Phi) is 9.17. The lowest BCUT2D eigenvalue weighted by molar-refractivity contribution is -0.134. The maximum Gasteiger partial charge on any atom is 0.321 e. The molecule has 2 rings (SSSR count). The van der Waals surface area contributed by atoms with Gasteiger partial charge in [0.25, 0.3) is 10.1 Å². The molecular weight excluding hydrogens is 288 g/mol. The number of carboxylic acids is 1. The Balaban J connectivity index is 0.000000274. The normalized spacial score (nSPS) is 9.25. The minimum absolute atomic E-state index is 1.23. The lowest BCUT2D eigenvalue weighted by Gasteiger charge is -1.85. The van der Waals surface area contributed by atoms with E-state index in [1.807, 2.05) is 0 Å². The van der Waals surface area contributed by atoms with Crippen LogP contribution in [-0.2, 0) is 14.9 Å². The van der Waals surface area contributed by atoms with Crippen LogP contribution in [0, 0.1) is 0 Å². The Morgan fingerprint density at radius 3 is 1.30 bits per heavy atom. The van der Waals surface area contributed by atoms with Gasteiger partial charge in [-0.2, -0.15) is 8.42 Å². The molecule has 9 nitrogen and oxygen atoms in total. The molecule has 0 radical (unpaired) electrons. The fraction of sp³-hybridized carbons (Fsp3) is 0.100. The van der Waals surface area contributed by atoms with E-state index in [4.69, 9.17) is 9.66 Å². The number of rotatable bonds is 2. The predicted octanol–water partition coefficient (Wildman–Crippen LogP) is -0.0880. The largest absolute Gasteiger partial charge is 0.480 e. The highest BCUT2D eigenvalue weighted by molar-refractivity contribution is 7.86. The number of carboxylic acid groups (broad SMARTS) is 1. The van der Waals surface area contributed by atoms with Crippen molar-refractivity contribution in [3.05, 3.63) is 49.6 Å². The highest BCUT2D eigenvalue weighted by Crippen LogP contribution is 1.78. The van der Waals surface area contributed by atoms with Crippen molar-refractivity contribution in [2.24, 2.45) is 0 Å². The van der Waals surface area contributed by atoms with Crippen LogP contribution in [0.4, 0.5) is 0 Å². The first kappa shape index (κ1) is 17.5. The van der Waals surface area contributed by atoms with Gasteiger partial charge in [-0.15, -0.1) is 0 Å². The zero-order valence-electron chi connectivity index (χ0n) is 10.1. The standard InChI is InChI=1S/2C4H4N2.C2H4O5S/c2*1-2-5-4-6-3-1;3-2(4)1-8(5,6)7/h2*1-4H;1H2,(H,3,4)(H,5,6,7). The van der Waals surface area contributed by atoms with Crippen molar-refractivity contribution in [3.8, 4) is 0 Å². The Morgan fingerprint density at radius 2 is 1.25 bits per heavy atom. The topological polar surface area (TPSA) is 143 Å². The van der Waals surface area contributed by atoms with Crippen LogP contribution < -0.4 is 0 Å². The number of aliphatic carboxylic acids is 1. The van der Waals surface area contributed by atoms with E-state index in [2.05, 4.69) is 19.9 Å². The fourth-order valence-electron chi connectivity index (χ4n) is 0.663. The summed E-state index contributed by atoms with van der Waals surface area (Å²) in [5.41, 5.74) is 0. The molecule has 0 saturated carbocycles. The van der Waals surface area contributed by atoms with Crippen LogP contribution in [0.5, 0.6) is 0 Å². The average Bonchev–Trinajstić information content (AvgIpc) is 2.41. The van der Waals surface area contributed by atoms with Gasteiger partial charge in [-0.1, -0.05) is 0 Å². The molecule has 2 N–H and O–H groups in total. The van der Waals surface area contributed by atoms with Crippen molar-refractivity contribution in [1.82, 2.24) is 19.9 Å². The second-order valence-electron chi connectivity index (χ2n) is 2.93. The third-order valence-corrected chi connectivity index (χ3v) is 1.87. The summed E-state index contributed by atoms with van der Waals surface area (Å²) in [6, 6.07) is 3.56. The van der Waals surface area contributed by atoms with E-state index in [1.54, 1.807) is 36.9 Å². The van der Waals surface area contributed by atoms with E-state index in [-0.39, 0.29) is 0 Å². The van der Waals surface area contributed by atoms with Crippen LogP contribution >= 0.6 is 0 Å². The molecule has 20 heavy (non-hydrogen) atoms. The molecule has 0 aromatic carbocycles. The van der Waals surface area contributed by atoms with Crippen LogP contribution in [0.1, 0.15) is 0 Å². The molecule has 2 aromatic rings. The number of carbonyl (C=O) groups is 1. The molecule has 0 atom stereocenters. The van der Waals surface area contributed by atoms with Gasteiger partial charge in [0, 0.05) is 24.8 Å². The third kappa shape index (κ3) is 15.5. The molecule has 0 unspecified atom stereocenters. The van der Waals surface area contributed by atoms with E-state index in [9.17, 15) is 13.2 Å². The molecule has 0 aliphatic rings. The van der Waals surface area contributed by atoms with Gasteiger partial charge in [-0.25, -0.2) is 19.9 Å². The van der Waals surface area contributed by atoms with Gasteiger partial charge in [-0.05, 0) is 12.1 Å². The predicted molar refractivity (Wildman–Crippen MR) is 68.1 cm³/mol. The molecule has 10 heteroatoms. The van der Waals surface area contributed by atoms with Gasteiger partial charge >= 0.3 is 5.97 Å². The summed E-state index contributed by atoms with van der Waals surface area (Å²) >= 11 is 0. The zero-order chi connectivity index (χ0) is 15.3. The lowest BCUT2D eigenvalue weighted by Crippen LogP contribution is -2.13. The Bertz CT molecular complexity index is 480. The molecule has 0 bridgehead atoms. The summed E-state index contributed by atoms with van der Waals surface area (Å²) in [7, 11) is -4.32. The van der Waals surface area contributed by atoms with E-state index in [0.717, 1.165) is 0 Å². The maximum absolute atomic E-state index is 9.62. The molecule has 0 aliphatic heterocycles. The van der Waals surface area contributed by atoms with Crippen molar-refractivity contribution < 1.29 is 22.9 Å². The van der Waals surface area contributed by atoms with Gasteiger partial charge in [0.05, 0.1) is 0 Å². The number of aromatic nitrogens is 4. The number of hydrogen-bond donors (Lipinski definition) is 2. The summed E-state index contributed by atoms with van der Waals surface area (Å²) in [6.45, 7) is 0. The number of hydrogen-bond acceptors (Lipinski definition) is 7. The van der Waals surface area contributed by atoms with Crippen molar-refractivity contribution >= 4 is 16.1 Å². The molecule has 0 fully saturated rings. The first-order chi connectivity index (χ1) is 9.42. The highest BCUT2D eigenvalue weighted by atomic mass is 32.2. The van der Waals surface area contributed by atoms with Crippen LogP contribution in [0.25, 0.3) is 0 Å². The van der Waals surface area contributed by atoms with Gasteiger partial charge in [0.1, 0.15) is 12.7 Å². The summed E-state index contributed by atoms with van der Waals surface area (Å²) in [4.78, 5) is 24.2. The Labute approximate surface area is 115 Å². The summed E-state index contributed by atoms with van der Waals surface area (Å²) in [5.74, 6) is -2.79. The fourth-order valence-corrected chi connectivity index (χ4v) is 0.975. The maximum atomic E-state index is 9.62. The molecule has 0 spiro atoms. The zero-order valence-corrected chi connectivity index (χ0v) is 11.0. The monoisotopic (exact) mass is 300 g/mol. The van der Waals surface area contributed by atoms with Crippen LogP contribution in [0.15, 0.2) is 49.6 Å². The van der Waals surface area contributed by atoms with Crippen molar-refractivity contribution in [2.45, 2.75) is 0 Å². The molecule has 0 amide bonds. The second kappa shape index (κ2) is 10.5. The summed E-state index contributed by atoms with van der Waals surface area (Å²) in [5, 5.41) is 7.71.